The van der Waals surface area contributed by atoms with Gasteiger partial charge in [-0.25, -0.2) is 4.90 Å². The summed E-state index contributed by atoms with van der Waals surface area (Å²) >= 11 is 7.40. The van der Waals surface area contributed by atoms with Gasteiger partial charge in [-0.05, 0) is 42.0 Å². The van der Waals surface area contributed by atoms with Crippen LogP contribution in [0.1, 0.15) is 11.3 Å². The van der Waals surface area contributed by atoms with Gasteiger partial charge in [-0.2, -0.15) is 0 Å². The number of thioether (sulfide) groups is 1. The lowest BCUT2D eigenvalue weighted by molar-refractivity contribution is -0.384. The summed E-state index contributed by atoms with van der Waals surface area (Å²) in [5.74, 6) is -0.0531. The molecule has 0 unspecified atom stereocenters. The SMILES string of the molecule is O=C1C(SCc2ccco2)=C(c2ccc([N+](=O)[O-])cc2)C(=O)N1c1ccccc1Cl. The van der Waals surface area contributed by atoms with Crippen LogP contribution in [0.2, 0.25) is 5.02 Å². The normalized spacial score (nSPS) is 14.0. The van der Waals surface area contributed by atoms with Crippen LogP contribution in [0, 0.1) is 10.1 Å². The molecule has 0 bridgehead atoms. The lowest BCUT2D eigenvalue weighted by atomic mass is 10.1. The van der Waals surface area contributed by atoms with Gasteiger partial charge in [0.05, 0.1) is 38.1 Å². The van der Waals surface area contributed by atoms with Crippen molar-refractivity contribution in [3.8, 4) is 0 Å². The summed E-state index contributed by atoms with van der Waals surface area (Å²) in [5.41, 5.74) is 0.757. The number of para-hydroxylation sites is 1. The Balaban J connectivity index is 1.77. The van der Waals surface area contributed by atoms with E-state index in [0.29, 0.717) is 17.1 Å². The molecule has 4 rings (SSSR count). The molecule has 0 N–H and O–H groups in total. The first-order chi connectivity index (χ1) is 14.5. The van der Waals surface area contributed by atoms with E-state index >= 15 is 0 Å². The number of nitro groups is 1. The van der Waals surface area contributed by atoms with Gasteiger partial charge in [-0.1, -0.05) is 23.7 Å². The van der Waals surface area contributed by atoms with E-state index < -0.39 is 16.7 Å². The summed E-state index contributed by atoms with van der Waals surface area (Å²) < 4.78 is 5.32. The van der Waals surface area contributed by atoms with E-state index in [4.69, 9.17) is 16.0 Å². The summed E-state index contributed by atoms with van der Waals surface area (Å²) in [6, 6.07) is 15.6. The van der Waals surface area contributed by atoms with E-state index in [1.165, 1.54) is 42.3 Å². The molecule has 3 aromatic rings. The molecule has 7 nitrogen and oxygen atoms in total. The molecule has 0 spiro atoms. The summed E-state index contributed by atoms with van der Waals surface area (Å²) in [6.45, 7) is 0. The van der Waals surface area contributed by atoms with Crippen LogP contribution in [-0.2, 0) is 15.3 Å². The number of nitrogens with zero attached hydrogens (tertiary/aromatic N) is 2. The zero-order valence-electron chi connectivity index (χ0n) is 15.3. The van der Waals surface area contributed by atoms with E-state index in [9.17, 15) is 19.7 Å². The molecule has 1 aliphatic rings. The molecule has 9 heteroatoms. The van der Waals surface area contributed by atoms with Gasteiger partial charge < -0.3 is 4.42 Å². The van der Waals surface area contributed by atoms with Crippen molar-refractivity contribution >= 4 is 52.1 Å². The highest BCUT2D eigenvalue weighted by molar-refractivity contribution is 8.03. The molecular formula is C21H13ClN2O5S. The number of hydrogen-bond donors (Lipinski definition) is 0. The lowest BCUT2D eigenvalue weighted by Crippen LogP contribution is -2.31. The predicted molar refractivity (Wildman–Crippen MR) is 114 cm³/mol. The summed E-state index contributed by atoms with van der Waals surface area (Å²) in [5, 5.41) is 11.2. The largest absolute Gasteiger partial charge is 0.468 e. The zero-order chi connectivity index (χ0) is 21.3. The van der Waals surface area contributed by atoms with Gasteiger partial charge in [-0.15, -0.1) is 11.8 Å². The Labute approximate surface area is 180 Å². The van der Waals surface area contributed by atoms with Crippen LogP contribution in [-0.4, -0.2) is 16.7 Å². The molecule has 0 saturated carbocycles. The van der Waals surface area contributed by atoms with Gasteiger partial charge in [-0.3, -0.25) is 19.7 Å². The second-order valence-electron chi connectivity index (χ2n) is 6.27. The van der Waals surface area contributed by atoms with Crippen LogP contribution < -0.4 is 4.90 Å². The number of carbonyl (C=O) groups excluding carboxylic acids is 2. The molecule has 30 heavy (non-hydrogen) atoms. The fourth-order valence-corrected chi connectivity index (χ4v) is 4.27. The second-order valence-corrected chi connectivity index (χ2v) is 7.67. The maximum atomic E-state index is 13.3. The number of amides is 2. The number of imide groups is 1. The summed E-state index contributed by atoms with van der Waals surface area (Å²) in [6.07, 6.45) is 1.53. The van der Waals surface area contributed by atoms with Crippen LogP contribution >= 0.6 is 23.4 Å². The molecule has 1 aromatic heterocycles. The molecule has 0 atom stereocenters. The minimum Gasteiger partial charge on any atom is -0.468 e. The molecular weight excluding hydrogens is 428 g/mol. The molecule has 2 heterocycles. The smallest absolute Gasteiger partial charge is 0.272 e. The highest BCUT2D eigenvalue weighted by Gasteiger charge is 2.41. The number of nitro benzene ring substituents is 1. The van der Waals surface area contributed by atoms with Crippen molar-refractivity contribution in [3.63, 3.8) is 0 Å². The minimum atomic E-state index is -0.538. The topological polar surface area (TPSA) is 93.7 Å². The third kappa shape index (κ3) is 3.62. The van der Waals surface area contributed by atoms with Gasteiger partial charge in [0.2, 0.25) is 0 Å². The molecule has 2 amide bonds. The molecule has 150 valence electrons. The van der Waals surface area contributed by atoms with E-state index in [1.807, 2.05) is 0 Å². The number of carbonyl (C=O) groups is 2. The maximum Gasteiger partial charge on any atom is 0.272 e. The number of furan rings is 1. The van der Waals surface area contributed by atoms with Crippen molar-refractivity contribution in [2.75, 3.05) is 4.90 Å². The van der Waals surface area contributed by atoms with Crippen molar-refractivity contribution in [3.05, 3.63) is 98.3 Å². The Morgan fingerprint density at radius 3 is 2.37 bits per heavy atom. The number of anilines is 1. The van der Waals surface area contributed by atoms with Crippen molar-refractivity contribution in [2.24, 2.45) is 0 Å². The van der Waals surface area contributed by atoms with Crippen molar-refractivity contribution in [1.82, 2.24) is 0 Å². The van der Waals surface area contributed by atoms with Crippen LogP contribution in [0.15, 0.2) is 76.2 Å². The Bertz CT molecular complexity index is 1170. The fraction of sp³-hybridized carbons (Fsp3) is 0.0476. The van der Waals surface area contributed by atoms with E-state index in [-0.39, 0.29) is 26.9 Å². The van der Waals surface area contributed by atoms with Gasteiger partial charge in [0.1, 0.15) is 5.76 Å². The van der Waals surface area contributed by atoms with Gasteiger partial charge in [0.25, 0.3) is 17.5 Å². The van der Waals surface area contributed by atoms with E-state index in [2.05, 4.69) is 0 Å². The fourth-order valence-electron chi connectivity index (χ4n) is 3.04. The molecule has 0 saturated heterocycles. The Hall–Kier alpha value is -3.36. The van der Waals surface area contributed by atoms with Crippen LogP contribution in [0.4, 0.5) is 11.4 Å². The molecule has 0 fully saturated rings. The second kappa shape index (κ2) is 8.17. The number of benzene rings is 2. The summed E-state index contributed by atoms with van der Waals surface area (Å²) in [7, 11) is 0. The van der Waals surface area contributed by atoms with Crippen LogP contribution in [0.3, 0.4) is 0 Å². The average molecular weight is 441 g/mol. The van der Waals surface area contributed by atoms with Crippen molar-refractivity contribution in [1.29, 1.82) is 0 Å². The predicted octanol–water partition coefficient (Wildman–Crippen LogP) is 5.06. The van der Waals surface area contributed by atoms with E-state index in [0.717, 1.165) is 4.90 Å². The number of non-ortho nitro benzene ring substituents is 1. The van der Waals surface area contributed by atoms with Gasteiger partial charge in [0, 0.05) is 12.1 Å². The molecule has 2 aromatic carbocycles. The number of halogens is 1. The molecule has 0 radical (unpaired) electrons. The Morgan fingerprint density at radius 1 is 1.00 bits per heavy atom. The van der Waals surface area contributed by atoms with E-state index in [1.54, 1.807) is 36.4 Å². The lowest BCUT2D eigenvalue weighted by Gasteiger charge is -2.16. The zero-order valence-corrected chi connectivity index (χ0v) is 16.9. The van der Waals surface area contributed by atoms with Crippen molar-refractivity contribution in [2.45, 2.75) is 5.75 Å². The van der Waals surface area contributed by atoms with Gasteiger partial charge in [0.15, 0.2) is 0 Å². The monoisotopic (exact) mass is 440 g/mol. The number of hydrogen-bond acceptors (Lipinski definition) is 6. The summed E-state index contributed by atoms with van der Waals surface area (Å²) in [4.78, 5) is 38.2. The Kier molecular flexibility index (Phi) is 5.43. The first-order valence-corrected chi connectivity index (χ1v) is 10.1. The standard InChI is InChI=1S/C21H13ClN2O5S/c22-16-5-1-2-6-17(16)23-20(25)18(13-7-9-14(10-8-13)24(27)28)19(21(23)26)30-12-15-4-3-11-29-15/h1-11H,12H2. The van der Waals surface area contributed by atoms with Crippen LogP contribution in [0.25, 0.3) is 5.57 Å². The maximum absolute atomic E-state index is 13.3. The molecule has 0 aliphatic carbocycles. The third-order valence-electron chi connectivity index (χ3n) is 4.44. The highest BCUT2D eigenvalue weighted by Crippen LogP contribution is 2.41. The van der Waals surface area contributed by atoms with Crippen molar-refractivity contribution < 1.29 is 18.9 Å². The molecule has 1 aliphatic heterocycles. The average Bonchev–Trinajstić information content (AvgIpc) is 3.33. The first kappa shape index (κ1) is 19.9. The Morgan fingerprint density at radius 2 is 1.73 bits per heavy atom. The minimum absolute atomic E-state index is 0.108. The first-order valence-electron chi connectivity index (χ1n) is 8.75. The highest BCUT2D eigenvalue weighted by atomic mass is 35.5. The third-order valence-corrected chi connectivity index (χ3v) is 5.86. The quantitative estimate of drug-likeness (QED) is 0.302. The van der Waals surface area contributed by atoms with Gasteiger partial charge >= 0.3 is 0 Å². The number of rotatable bonds is 6. The van der Waals surface area contributed by atoms with Crippen LogP contribution in [0.5, 0.6) is 0 Å².